The van der Waals surface area contributed by atoms with Gasteiger partial charge in [-0.05, 0) is 37.3 Å². The monoisotopic (exact) mass is 518 g/mol. The first kappa shape index (κ1) is 33.1. The third-order valence-electron chi connectivity index (χ3n) is 7.12. The molecule has 0 radical (unpaired) electrons. The van der Waals surface area contributed by atoms with Gasteiger partial charge >= 0.3 is 5.97 Å². The first-order chi connectivity index (χ1) is 17.8. The number of hydrogen-bond donors (Lipinski definition) is 4. The number of carbonyl (C=O) groups excluding carboxylic acids is 1. The summed E-state index contributed by atoms with van der Waals surface area (Å²) in [4.78, 5) is 23.7. The fourth-order valence-electron chi connectivity index (χ4n) is 4.71. The molecule has 0 saturated heterocycles. The zero-order valence-electron chi connectivity index (χ0n) is 23.7. The SMILES string of the molecule is CCCCCCCCCCCCCCNC(Cc1ccccc1)C(O)CCC(=O)NC(C(=O)O)C(C)C. The van der Waals surface area contributed by atoms with Crippen LogP contribution in [-0.2, 0) is 16.0 Å². The zero-order valence-corrected chi connectivity index (χ0v) is 23.7. The molecule has 3 unspecified atom stereocenters. The Balaban J connectivity index is 2.35. The minimum absolute atomic E-state index is 0.100. The lowest BCUT2D eigenvalue weighted by Crippen LogP contribution is -2.45. The second kappa shape index (κ2) is 21.1. The standard InChI is InChI=1S/C31H54N2O4/c1-4-5-6-7-8-9-10-11-12-13-14-18-23-32-27(24-26-19-16-15-17-20-26)28(34)21-22-29(35)33-30(25(2)3)31(36)37/h15-17,19-20,25,27-28,30,32,34H,4-14,18,21-24H2,1-3H3,(H,33,35)(H,36,37). The second-order valence-corrected chi connectivity index (χ2v) is 10.9. The van der Waals surface area contributed by atoms with Gasteiger partial charge in [0.15, 0.2) is 0 Å². The van der Waals surface area contributed by atoms with E-state index in [0.29, 0.717) is 12.8 Å². The lowest BCUT2D eigenvalue weighted by atomic mass is 9.97. The lowest BCUT2D eigenvalue weighted by molar-refractivity contribution is -0.143. The van der Waals surface area contributed by atoms with E-state index in [1.165, 1.54) is 70.6 Å². The van der Waals surface area contributed by atoms with Gasteiger partial charge in [-0.1, -0.05) is 122 Å². The molecular formula is C31H54N2O4. The smallest absolute Gasteiger partial charge is 0.326 e. The number of hydrogen-bond acceptors (Lipinski definition) is 4. The van der Waals surface area contributed by atoms with Crippen LogP contribution in [0, 0.1) is 5.92 Å². The van der Waals surface area contributed by atoms with Crippen LogP contribution in [-0.4, -0.2) is 46.8 Å². The maximum atomic E-state index is 12.3. The number of aliphatic carboxylic acids is 1. The zero-order chi connectivity index (χ0) is 27.3. The van der Waals surface area contributed by atoms with E-state index in [9.17, 15) is 19.8 Å². The van der Waals surface area contributed by atoms with Crippen molar-refractivity contribution in [1.82, 2.24) is 10.6 Å². The molecule has 6 heteroatoms. The van der Waals surface area contributed by atoms with Crippen LogP contribution in [0.4, 0.5) is 0 Å². The van der Waals surface area contributed by atoms with Gasteiger partial charge in [0.2, 0.25) is 5.91 Å². The van der Waals surface area contributed by atoms with Gasteiger partial charge < -0.3 is 20.8 Å². The molecule has 4 N–H and O–H groups in total. The fraction of sp³-hybridized carbons (Fsp3) is 0.742. The van der Waals surface area contributed by atoms with Crippen molar-refractivity contribution in [2.75, 3.05) is 6.54 Å². The van der Waals surface area contributed by atoms with E-state index in [0.717, 1.165) is 18.5 Å². The third kappa shape index (κ3) is 16.5. The van der Waals surface area contributed by atoms with Crippen molar-refractivity contribution in [3.8, 4) is 0 Å². The van der Waals surface area contributed by atoms with Crippen molar-refractivity contribution in [3.05, 3.63) is 35.9 Å². The molecule has 0 bridgehead atoms. The Labute approximate surface area is 226 Å². The highest BCUT2D eigenvalue weighted by Gasteiger charge is 2.25. The van der Waals surface area contributed by atoms with Gasteiger partial charge in [-0.25, -0.2) is 4.79 Å². The lowest BCUT2D eigenvalue weighted by Gasteiger charge is -2.25. The van der Waals surface area contributed by atoms with E-state index >= 15 is 0 Å². The Bertz CT molecular complexity index is 710. The average Bonchev–Trinajstić information content (AvgIpc) is 2.88. The molecule has 212 valence electrons. The van der Waals surface area contributed by atoms with Crippen LogP contribution in [0.15, 0.2) is 30.3 Å². The van der Waals surface area contributed by atoms with Crippen LogP contribution in [0.25, 0.3) is 0 Å². The van der Waals surface area contributed by atoms with Crippen LogP contribution in [0.3, 0.4) is 0 Å². The van der Waals surface area contributed by atoms with Gasteiger partial charge in [-0.3, -0.25) is 4.79 Å². The number of amides is 1. The Hall–Kier alpha value is -1.92. The predicted octanol–water partition coefficient (Wildman–Crippen LogP) is 6.25. The molecule has 1 aromatic carbocycles. The van der Waals surface area contributed by atoms with Crippen LogP contribution in [0.5, 0.6) is 0 Å². The summed E-state index contributed by atoms with van der Waals surface area (Å²) in [5.41, 5.74) is 1.14. The molecule has 0 fully saturated rings. The van der Waals surface area contributed by atoms with Gasteiger partial charge in [-0.15, -0.1) is 0 Å². The van der Waals surface area contributed by atoms with E-state index in [1.54, 1.807) is 13.8 Å². The average molecular weight is 519 g/mol. The van der Waals surface area contributed by atoms with Gasteiger partial charge in [0.1, 0.15) is 6.04 Å². The number of aliphatic hydroxyl groups excluding tert-OH is 1. The normalized spacial score (nSPS) is 13.9. The van der Waals surface area contributed by atoms with Crippen molar-refractivity contribution < 1.29 is 19.8 Å². The van der Waals surface area contributed by atoms with E-state index in [1.807, 2.05) is 18.2 Å². The Kier molecular flexibility index (Phi) is 18.8. The van der Waals surface area contributed by atoms with Crippen LogP contribution < -0.4 is 10.6 Å². The molecular weight excluding hydrogens is 464 g/mol. The Morgan fingerprint density at radius 2 is 1.38 bits per heavy atom. The molecule has 1 aromatic rings. The molecule has 1 amide bonds. The number of rotatable bonds is 23. The number of unbranched alkanes of at least 4 members (excludes halogenated alkanes) is 11. The summed E-state index contributed by atoms with van der Waals surface area (Å²) in [6, 6.07) is 9.02. The van der Waals surface area contributed by atoms with Gasteiger partial charge in [0.05, 0.1) is 6.10 Å². The van der Waals surface area contributed by atoms with Crippen LogP contribution in [0.2, 0.25) is 0 Å². The Morgan fingerprint density at radius 1 is 0.838 bits per heavy atom. The van der Waals surface area contributed by atoms with Crippen LogP contribution in [0.1, 0.15) is 116 Å². The first-order valence-electron chi connectivity index (χ1n) is 14.8. The van der Waals surface area contributed by atoms with Crippen LogP contribution >= 0.6 is 0 Å². The molecule has 3 atom stereocenters. The molecule has 0 aromatic heterocycles. The molecule has 0 aliphatic heterocycles. The molecule has 37 heavy (non-hydrogen) atoms. The maximum absolute atomic E-state index is 12.3. The van der Waals surface area contributed by atoms with Crippen molar-refractivity contribution in [2.24, 2.45) is 5.92 Å². The van der Waals surface area contributed by atoms with E-state index in [-0.39, 0.29) is 24.3 Å². The fourth-order valence-corrected chi connectivity index (χ4v) is 4.71. The number of carboxylic acids is 1. The van der Waals surface area contributed by atoms with Crippen molar-refractivity contribution in [3.63, 3.8) is 0 Å². The summed E-state index contributed by atoms with van der Waals surface area (Å²) in [5, 5.41) is 26.3. The third-order valence-corrected chi connectivity index (χ3v) is 7.12. The quantitative estimate of drug-likeness (QED) is 0.128. The highest BCUT2D eigenvalue weighted by atomic mass is 16.4. The number of nitrogens with one attached hydrogen (secondary N) is 2. The van der Waals surface area contributed by atoms with E-state index in [2.05, 4.69) is 29.7 Å². The van der Waals surface area contributed by atoms with Crippen molar-refractivity contribution >= 4 is 11.9 Å². The second-order valence-electron chi connectivity index (χ2n) is 10.9. The van der Waals surface area contributed by atoms with Gasteiger partial charge in [-0.2, -0.15) is 0 Å². The summed E-state index contributed by atoms with van der Waals surface area (Å²) < 4.78 is 0. The number of carbonyl (C=O) groups is 2. The predicted molar refractivity (Wildman–Crippen MR) is 153 cm³/mol. The molecule has 0 aliphatic rings. The van der Waals surface area contributed by atoms with Gasteiger partial charge in [0.25, 0.3) is 0 Å². The number of aliphatic hydroxyl groups is 1. The number of benzene rings is 1. The molecule has 6 nitrogen and oxygen atoms in total. The molecule has 1 rings (SSSR count). The minimum Gasteiger partial charge on any atom is -0.480 e. The molecule has 0 saturated carbocycles. The van der Waals surface area contributed by atoms with E-state index in [4.69, 9.17) is 0 Å². The first-order valence-corrected chi connectivity index (χ1v) is 14.8. The highest BCUT2D eigenvalue weighted by Crippen LogP contribution is 2.14. The maximum Gasteiger partial charge on any atom is 0.326 e. The molecule has 0 heterocycles. The summed E-state index contributed by atoms with van der Waals surface area (Å²) in [5.74, 6) is -1.57. The largest absolute Gasteiger partial charge is 0.480 e. The van der Waals surface area contributed by atoms with Crippen molar-refractivity contribution in [1.29, 1.82) is 0 Å². The number of carboxylic acid groups (broad SMARTS) is 1. The van der Waals surface area contributed by atoms with Crippen molar-refractivity contribution in [2.45, 2.75) is 135 Å². The summed E-state index contributed by atoms with van der Waals surface area (Å²) in [6.07, 6.45) is 16.1. The highest BCUT2D eigenvalue weighted by molar-refractivity contribution is 5.83. The topological polar surface area (TPSA) is 98.7 Å². The summed E-state index contributed by atoms with van der Waals surface area (Å²) in [7, 11) is 0. The Morgan fingerprint density at radius 3 is 1.89 bits per heavy atom. The summed E-state index contributed by atoms with van der Waals surface area (Å²) >= 11 is 0. The van der Waals surface area contributed by atoms with Gasteiger partial charge in [0, 0.05) is 12.5 Å². The molecule has 0 aliphatic carbocycles. The van der Waals surface area contributed by atoms with E-state index < -0.39 is 18.1 Å². The minimum atomic E-state index is -1.03. The molecule has 0 spiro atoms. The summed E-state index contributed by atoms with van der Waals surface area (Å²) in [6.45, 7) is 6.63.